The molecule has 0 aromatic heterocycles. The molecule has 9 heteroatoms. The summed E-state index contributed by atoms with van der Waals surface area (Å²) in [6.07, 6.45) is 2.36. The zero-order chi connectivity index (χ0) is 28.1. The second-order valence-corrected chi connectivity index (χ2v) is 9.48. The number of rotatable bonds is 23. The van der Waals surface area contributed by atoms with E-state index in [0.717, 1.165) is 30.2 Å². The fourth-order valence-electron chi connectivity index (χ4n) is 4.56. The summed E-state index contributed by atoms with van der Waals surface area (Å²) in [5.41, 5.74) is 2.53. The number of likely N-dealkylation sites (tertiary alicyclic amines) is 1. The van der Waals surface area contributed by atoms with Crippen molar-refractivity contribution in [3.63, 3.8) is 0 Å². The van der Waals surface area contributed by atoms with Gasteiger partial charge in [-0.1, -0.05) is 30.3 Å². The van der Waals surface area contributed by atoms with Crippen molar-refractivity contribution in [3.8, 4) is 11.5 Å². The van der Waals surface area contributed by atoms with Gasteiger partial charge in [-0.25, -0.2) is 0 Å². The van der Waals surface area contributed by atoms with Gasteiger partial charge in [-0.3, -0.25) is 4.90 Å². The van der Waals surface area contributed by atoms with E-state index in [1.807, 2.05) is 6.07 Å². The molecule has 224 valence electrons. The summed E-state index contributed by atoms with van der Waals surface area (Å²) in [6.45, 7) is 8.20. The van der Waals surface area contributed by atoms with Gasteiger partial charge in [0.1, 0.15) is 24.7 Å². The first-order chi connectivity index (χ1) is 19.8. The monoisotopic (exact) mass is 561 g/mol. The fourth-order valence-corrected chi connectivity index (χ4v) is 4.56. The highest BCUT2D eigenvalue weighted by Gasteiger charge is 2.26. The lowest BCUT2D eigenvalue weighted by atomic mass is 10.0. The van der Waals surface area contributed by atoms with E-state index < -0.39 is 0 Å². The summed E-state index contributed by atoms with van der Waals surface area (Å²) in [5.74, 6) is 1.55. The zero-order valence-electron chi connectivity index (χ0n) is 24.2. The molecule has 40 heavy (non-hydrogen) atoms. The van der Waals surface area contributed by atoms with Crippen molar-refractivity contribution in [3.05, 3.63) is 59.7 Å². The van der Waals surface area contributed by atoms with E-state index in [2.05, 4.69) is 47.4 Å². The highest BCUT2D eigenvalue weighted by atomic mass is 16.6. The first-order valence-corrected chi connectivity index (χ1v) is 14.3. The molecule has 0 radical (unpaired) electrons. The minimum atomic E-state index is 0.425. The van der Waals surface area contributed by atoms with Gasteiger partial charge < -0.3 is 37.9 Å². The third-order valence-corrected chi connectivity index (χ3v) is 6.47. The van der Waals surface area contributed by atoms with Crippen LogP contribution >= 0.6 is 0 Å². The van der Waals surface area contributed by atoms with Crippen LogP contribution in [0.3, 0.4) is 0 Å². The van der Waals surface area contributed by atoms with Crippen LogP contribution in [-0.2, 0) is 35.0 Å². The topological polar surface area (TPSA) is 77.1 Å². The molecule has 1 saturated heterocycles. The number of hydrogen-bond donors (Lipinski definition) is 0. The maximum absolute atomic E-state index is 6.06. The minimum absolute atomic E-state index is 0.425. The molecular weight excluding hydrogens is 514 g/mol. The molecule has 1 fully saturated rings. The van der Waals surface area contributed by atoms with Gasteiger partial charge in [-0.05, 0) is 42.6 Å². The molecule has 1 unspecified atom stereocenters. The van der Waals surface area contributed by atoms with E-state index in [-0.39, 0.29) is 0 Å². The summed E-state index contributed by atoms with van der Waals surface area (Å²) in [7, 11) is 3.32. The van der Waals surface area contributed by atoms with E-state index in [4.69, 9.17) is 37.9 Å². The van der Waals surface area contributed by atoms with Crippen molar-refractivity contribution in [2.45, 2.75) is 25.4 Å². The lowest BCUT2D eigenvalue weighted by Crippen LogP contribution is -2.22. The second kappa shape index (κ2) is 20.6. The highest BCUT2D eigenvalue weighted by molar-refractivity contribution is 5.38. The van der Waals surface area contributed by atoms with Crippen LogP contribution in [0.25, 0.3) is 0 Å². The predicted molar refractivity (Wildman–Crippen MR) is 153 cm³/mol. The van der Waals surface area contributed by atoms with E-state index in [0.29, 0.717) is 85.3 Å². The Labute approximate surface area is 239 Å². The summed E-state index contributed by atoms with van der Waals surface area (Å²) in [5, 5.41) is 0. The zero-order valence-corrected chi connectivity index (χ0v) is 24.2. The van der Waals surface area contributed by atoms with Crippen LogP contribution in [-0.4, -0.2) is 105 Å². The average molecular weight is 562 g/mol. The molecule has 0 amide bonds. The quantitative estimate of drug-likeness (QED) is 0.186. The van der Waals surface area contributed by atoms with Crippen LogP contribution in [0.5, 0.6) is 11.5 Å². The van der Waals surface area contributed by atoms with Crippen LogP contribution in [0.15, 0.2) is 48.5 Å². The van der Waals surface area contributed by atoms with Gasteiger partial charge in [0.25, 0.3) is 0 Å². The van der Waals surface area contributed by atoms with Gasteiger partial charge in [0.05, 0.1) is 66.1 Å². The third kappa shape index (κ3) is 13.0. The van der Waals surface area contributed by atoms with Gasteiger partial charge in [0, 0.05) is 32.9 Å². The second-order valence-electron chi connectivity index (χ2n) is 9.48. The van der Waals surface area contributed by atoms with Crippen molar-refractivity contribution in [2.75, 3.05) is 100 Å². The molecule has 0 saturated carbocycles. The van der Waals surface area contributed by atoms with E-state index >= 15 is 0 Å². The molecule has 2 aromatic carbocycles. The number of ether oxygens (including phenoxy) is 8. The van der Waals surface area contributed by atoms with Crippen molar-refractivity contribution in [1.29, 1.82) is 0 Å². The molecule has 1 aliphatic rings. The van der Waals surface area contributed by atoms with Gasteiger partial charge in [0.2, 0.25) is 0 Å². The SMILES string of the molecule is COCCOCCOCCOc1cc(CN2CCCC2c2ccccc2)cc(OCCOCCOCCOC)c1. The minimum Gasteiger partial charge on any atom is -0.491 e. The van der Waals surface area contributed by atoms with Crippen LogP contribution in [0.1, 0.15) is 30.0 Å². The summed E-state index contributed by atoms with van der Waals surface area (Å²) in [4.78, 5) is 2.54. The highest BCUT2D eigenvalue weighted by Crippen LogP contribution is 2.34. The molecule has 1 heterocycles. The largest absolute Gasteiger partial charge is 0.491 e. The maximum atomic E-state index is 6.06. The Morgan fingerprint density at radius 3 is 1.65 bits per heavy atom. The molecule has 1 atom stereocenters. The smallest absolute Gasteiger partial charge is 0.123 e. The predicted octanol–water partition coefficient (Wildman–Crippen LogP) is 4.14. The number of nitrogens with zero attached hydrogens (tertiary/aromatic N) is 1. The van der Waals surface area contributed by atoms with Gasteiger partial charge in [-0.15, -0.1) is 0 Å². The molecule has 1 aliphatic heterocycles. The Hall–Kier alpha value is -2.24. The Morgan fingerprint density at radius 2 is 1.12 bits per heavy atom. The normalized spacial score (nSPS) is 15.5. The first kappa shape index (κ1) is 32.3. The summed E-state index contributed by atoms with van der Waals surface area (Å²) >= 11 is 0. The first-order valence-electron chi connectivity index (χ1n) is 14.3. The number of hydrogen-bond acceptors (Lipinski definition) is 9. The molecule has 0 bridgehead atoms. The molecule has 3 rings (SSSR count). The Kier molecular flexibility index (Phi) is 16.6. The van der Waals surface area contributed by atoms with Crippen LogP contribution < -0.4 is 9.47 Å². The van der Waals surface area contributed by atoms with E-state index in [9.17, 15) is 0 Å². The molecule has 2 aromatic rings. The Morgan fingerprint density at radius 1 is 0.625 bits per heavy atom. The molecule has 0 spiro atoms. The lowest BCUT2D eigenvalue weighted by molar-refractivity contribution is 0.0174. The molecular formula is C31H47NO8. The van der Waals surface area contributed by atoms with Crippen LogP contribution in [0.2, 0.25) is 0 Å². The van der Waals surface area contributed by atoms with E-state index in [1.165, 1.54) is 18.4 Å². The maximum Gasteiger partial charge on any atom is 0.123 e. The average Bonchev–Trinajstić information content (AvgIpc) is 3.44. The van der Waals surface area contributed by atoms with Crippen LogP contribution in [0.4, 0.5) is 0 Å². The van der Waals surface area contributed by atoms with E-state index in [1.54, 1.807) is 14.2 Å². The molecule has 9 nitrogen and oxygen atoms in total. The Balaban J connectivity index is 1.50. The van der Waals surface area contributed by atoms with Crippen molar-refractivity contribution < 1.29 is 37.9 Å². The lowest BCUT2D eigenvalue weighted by Gasteiger charge is -2.25. The number of methoxy groups -OCH3 is 2. The Bertz CT molecular complexity index is 860. The fraction of sp³-hybridized carbons (Fsp3) is 0.613. The van der Waals surface area contributed by atoms with Crippen molar-refractivity contribution in [2.24, 2.45) is 0 Å². The molecule has 0 aliphatic carbocycles. The van der Waals surface area contributed by atoms with Gasteiger partial charge in [-0.2, -0.15) is 0 Å². The molecule has 0 N–H and O–H groups in total. The standard InChI is InChI=1S/C31H47NO8/c1-33-11-13-35-15-17-37-19-21-39-29-23-27(26-32-10-6-9-31(32)28-7-4-3-5-8-28)24-30(25-29)40-22-20-38-18-16-36-14-12-34-2/h3-5,7-8,23-25,31H,6,9-22,26H2,1-2H3. The van der Waals surface area contributed by atoms with Crippen LogP contribution in [0, 0.1) is 0 Å². The number of benzene rings is 2. The van der Waals surface area contributed by atoms with Crippen molar-refractivity contribution >= 4 is 0 Å². The van der Waals surface area contributed by atoms with Gasteiger partial charge in [0.15, 0.2) is 0 Å². The summed E-state index contributed by atoms with van der Waals surface area (Å²) in [6, 6.07) is 17.3. The third-order valence-electron chi connectivity index (χ3n) is 6.47. The van der Waals surface area contributed by atoms with Gasteiger partial charge >= 0.3 is 0 Å². The van der Waals surface area contributed by atoms with Crippen molar-refractivity contribution in [1.82, 2.24) is 4.90 Å². The summed E-state index contributed by atoms with van der Waals surface area (Å²) < 4.78 is 44.2.